The second-order valence-corrected chi connectivity index (χ2v) is 12.5. The number of rotatable bonds is 11. The number of hydrogen-bond acceptors (Lipinski definition) is 4. The fourth-order valence-electron chi connectivity index (χ4n) is 5.87. The van der Waals surface area contributed by atoms with Crippen molar-refractivity contribution in [3.05, 3.63) is 69.7 Å². The molecule has 2 aromatic carbocycles. The third kappa shape index (κ3) is 6.42. The third-order valence-electron chi connectivity index (χ3n) is 7.73. The summed E-state index contributed by atoms with van der Waals surface area (Å²) in [5, 5.41) is 10.9. The Morgan fingerprint density at radius 2 is 1.87 bits per heavy atom. The molecule has 4 rings (SSSR count). The van der Waals surface area contributed by atoms with Crippen molar-refractivity contribution in [2.75, 3.05) is 13.1 Å². The maximum atomic E-state index is 14.4. The summed E-state index contributed by atoms with van der Waals surface area (Å²) >= 11 is 10.2. The number of carboxylic acid groups (broad SMARTS) is 1. The first kappa shape index (κ1) is 29.0. The van der Waals surface area contributed by atoms with Crippen molar-refractivity contribution in [1.29, 1.82) is 0 Å². The predicted octanol–water partition coefficient (Wildman–Crippen LogP) is 5.82. The SMILES string of the molecule is CCCN(CC(C1CC1)N1C(=O)C(C)(CC(=O)O)CC(c2cccc(Cl)c2)C1c1ccc(Cl)cc1)S(=O)[O-]. The number of likely N-dealkylation sites (tertiary alicyclic amines) is 1. The van der Waals surface area contributed by atoms with E-state index in [0.29, 0.717) is 29.4 Å². The minimum absolute atomic E-state index is 0.129. The summed E-state index contributed by atoms with van der Waals surface area (Å²) in [5.41, 5.74) is 0.584. The largest absolute Gasteiger partial charge is 0.760 e. The number of halogens is 2. The number of hydrogen-bond donors (Lipinski definition) is 1. The van der Waals surface area contributed by atoms with E-state index >= 15 is 0 Å². The smallest absolute Gasteiger partial charge is 0.304 e. The summed E-state index contributed by atoms with van der Waals surface area (Å²) < 4.78 is 25.6. The van der Waals surface area contributed by atoms with Crippen LogP contribution in [0.3, 0.4) is 0 Å². The summed E-state index contributed by atoms with van der Waals surface area (Å²) in [7, 11) is 0. The first-order valence-electron chi connectivity index (χ1n) is 12.9. The lowest BCUT2D eigenvalue weighted by atomic mass is 9.67. The number of amides is 1. The predicted molar refractivity (Wildman–Crippen MR) is 148 cm³/mol. The van der Waals surface area contributed by atoms with Crippen molar-refractivity contribution < 1.29 is 23.5 Å². The molecule has 10 heteroatoms. The van der Waals surface area contributed by atoms with Crippen LogP contribution >= 0.6 is 23.2 Å². The van der Waals surface area contributed by atoms with E-state index in [2.05, 4.69) is 0 Å². The lowest BCUT2D eigenvalue weighted by Crippen LogP contribution is -2.59. The fourth-order valence-corrected chi connectivity index (χ4v) is 6.81. The molecule has 206 valence electrons. The lowest BCUT2D eigenvalue weighted by Gasteiger charge is -2.52. The summed E-state index contributed by atoms with van der Waals surface area (Å²) in [6, 6.07) is 14.0. The zero-order valence-electron chi connectivity index (χ0n) is 21.5. The normalized spacial score (nSPS) is 25.4. The number of carbonyl (C=O) groups excluding carboxylic acids is 1. The van der Waals surface area contributed by atoms with Crippen LogP contribution in [0.4, 0.5) is 0 Å². The van der Waals surface area contributed by atoms with Crippen LogP contribution < -0.4 is 0 Å². The molecule has 38 heavy (non-hydrogen) atoms. The molecule has 1 saturated heterocycles. The zero-order valence-corrected chi connectivity index (χ0v) is 23.8. The van der Waals surface area contributed by atoms with E-state index in [9.17, 15) is 23.5 Å². The van der Waals surface area contributed by atoms with E-state index in [1.54, 1.807) is 25.1 Å². The standard InChI is InChI=1S/C28H34Cl2N2O5S/c1-3-13-31(38(36)37)17-24(18-7-8-18)32-26(19-9-11-21(29)12-10-19)23(20-5-4-6-22(30)14-20)15-28(2,27(32)35)16-25(33)34/h4-6,9-12,14,18,23-24,26H,3,7-8,13,15-17H2,1-2H3,(H,33,34)(H,36,37)/p-1. The molecule has 2 fully saturated rings. The Morgan fingerprint density at radius 3 is 2.42 bits per heavy atom. The van der Waals surface area contributed by atoms with Gasteiger partial charge in [0, 0.05) is 46.4 Å². The van der Waals surface area contributed by atoms with Gasteiger partial charge >= 0.3 is 5.97 Å². The number of aliphatic carboxylic acids is 1. The van der Waals surface area contributed by atoms with Gasteiger partial charge in [0.2, 0.25) is 5.91 Å². The second kappa shape index (κ2) is 12.0. The molecule has 1 heterocycles. The van der Waals surface area contributed by atoms with Crippen LogP contribution in [0.2, 0.25) is 10.0 Å². The first-order chi connectivity index (χ1) is 18.0. The molecule has 0 aromatic heterocycles. The lowest BCUT2D eigenvalue weighted by molar-refractivity contribution is -0.161. The van der Waals surface area contributed by atoms with Crippen LogP contribution in [0.5, 0.6) is 0 Å². The number of carbonyl (C=O) groups is 2. The van der Waals surface area contributed by atoms with Gasteiger partial charge in [-0.15, -0.1) is 0 Å². The Balaban J connectivity index is 1.90. The first-order valence-corrected chi connectivity index (χ1v) is 14.7. The molecule has 5 atom stereocenters. The Bertz CT molecular complexity index is 1190. The van der Waals surface area contributed by atoms with E-state index in [4.69, 9.17) is 23.2 Å². The molecule has 1 aliphatic carbocycles. The molecule has 0 radical (unpaired) electrons. The van der Waals surface area contributed by atoms with Gasteiger partial charge in [0.05, 0.1) is 17.9 Å². The van der Waals surface area contributed by atoms with E-state index in [1.807, 2.05) is 42.2 Å². The molecular formula is C28H33Cl2N2O5S-. The van der Waals surface area contributed by atoms with Crippen LogP contribution in [0.1, 0.15) is 69.0 Å². The van der Waals surface area contributed by atoms with Crippen LogP contribution in [-0.2, 0) is 20.9 Å². The summed E-state index contributed by atoms with van der Waals surface area (Å²) in [6.07, 6.45) is 2.39. The number of benzene rings is 2. The van der Waals surface area contributed by atoms with Crippen molar-refractivity contribution in [3.63, 3.8) is 0 Å². The van der Waals surface area contributed by atoms with E-state index in [0.717, 1.165) is 24.0 Å². The minimum Gasteiger partial charge on any atom is -0.760 e. The van der Waals surface area contributed by atoms with E-state index in [1.165, 1.54) is 4.31 Å². The van der Waals surface area contributed by atoms with Crippen molar-refractivity contribution in [2.24, 2.45) is 11.3 Å². The Labute approximate surface area is 236 Å². The van der Waals surface area contributed by atoms with Gasteiger partial charge in [-0.3, -0.25) is 13.8 Å². The van der Waals surface area contributed by atoms with Gasteiger partial charge in [-0.1, -0.05) is 61.3 Å². The molecule has 1 saturated carbocycles. The van der Waals surface area contributed by atoms with Gasteiger partial charge in [-0.25, -0.2) is 4.31 Å². The van der Waals surface area contributed by atoms with Crippen LogP contribution in [0, 0.1) is 11.3 Å². The highest BCUT2D eigenvalue weighted by molar-refractivity contribution is 7.76. The third-order valence-corrected chi connectivity index (χ3v) is 8.97. The summed E-state index contributed by atoms with van der Waals surface area (Å²) in [6.45, 7) is 4.13. The molecule has 7 nitrogen and oxygen atoms in total. The van der Waals surface area contributed by atoms with Crippen LogP contribution in [0.25, 0.3) is 0 Å². The number of carboxylic acids is 1. The van der Waals surface area contributed by atoms with Gasteiger partial charge in [-0.2, -0.15) is 0 Å². The quantitative estimate of drug-likeness (QED) is 0.338. The van der Waals surface area contributed by atoms with Gasteiger partial charge in [0.25, 0.3) is 0 Å². The second-order valence-electron chi connectivity index (χ2n) is 10.7. The molecule has 1 amide bonds. The summed E-state index contributed by atoms with van der Waals surface area (Å²) in [5.74, 6) is -1.45. The van der Waals surface area contributed by atoms with Gasteiger partial charge in [0.15, 0.2) is 0 Å². The van der Waals surface area contributed by atoms with Gasteiger partial charge in [-0.05, 0) is 67.0 Å². The zero-order chi connectivity index (χ0) is 27.6. The Morgan fingerprint density at radius 1 is 1.18 bits per heavy atom. The van der Waals surface area contributed by atoms with E-state index in [-0.39, 0.29) is 30.7 Å². The Kier molecular flexibility index (Phi) is 9.20. The Hall–Kier alpha value is -1.97. The van der Waals surface area contributed by atoms with Crippen molar-refractivity contribution in [1.82, 2.24) is 9.21 Å². The summed E-state index contributed by atoms with van der Waals surface area (Å²) in [4.78, 5) is 28.2. The number of nitrogens with zero attached hydrogens (tertiary/aromatic N) is 2. The van der Waals surface area contributed by atoms with Crippen molar-refractivity contribution in [2.45, 2.75) is 64.0 Å². The molecule has 5 unspecified atom stereocenters. The average molecular weight is 581 g/mol. The molecule has 0 bridgehead atoms. The number of piperidine rings is 1. The van der Waals surface area contributed by atoms with Crippen molar-refractivity contribution in [3.8, 4) is 0 Å². The maximum Gasteiger partial charge on any atom is 0.304 e. The highest BCUT2D eigenvalue weighted by atomic mass is 35.5. The van der Waals surface area contributed by atoms with E-state index < -0.39 is 34.7 Å². The topological polar surface area (TPSA) is 101 Å². The van der Waals surface area contributed by atoms with Crippen LogP contribution in [0.15, 0.2) is 48.5 Å². The van der Waals surface area contributed by atoms with Crippen molar-refractivity contribution >= 4 is 46.3 Å². The molecule has 2 aliphatic rings. The molecular weight excluding hydrogens is 547 g/mol. The molecule has 2 aromatic rings. The highest BCUT2D eigenvalue weighted by Crippen LogP contribution is 2.54. The van der Waals surface area contributed by atoms with Crippen LogP contribution in [-0.4, -0.2) is 54.1 Å². The molecule has 1 N–H and O–H groups in total. The van der Waals surface area contributed by atoms with Gasteiger partial charge < -0.3 is 14.6 Å². The average Bonchev–Trinajstić information content (AvgIpc) is 3.69. The molecule has 0 spiro atoms. The monoisotopic (exact) mass is 579 g/mol. The minimum atomic E-state index is -2.45. The van der Waals surface area contributed by atoms with Gasteiger partial charge in [0.1, 0.15) is 0 Å². The maximum absolute atomic E-state index is 14.4. The molecule has 1 aliphatic heterocycles. The fraction of sp³-hybridized carbons (Fsp3) is 0.500. The highest BCUT2D eigenvalue weighted by Gasteiger charge is 2.54.